The van der Waals surface area contributed by atoms with Gasteiger partial charge in [0.1, 0.15) is 17.4 Å². The highest BCUT2D eigenvalue weighted by molar-refractivity contribution is 5.84. The van der Waals surface area contributed by atoms with E-state index in [-0.39, 0.29) is 12.1 Å². The number of nitrogens with two attached hydrogens (primary N) is 1. The highest BCUT2D eigenvalue weighted by Gasteiger charge is 2.21. The summed E-state index contributed by atoms with van der Waals surface area (Å²) in [7, 11) is 0. The first-order chi connectivity index (χ1) is 9.22. The maximum atomic E-state index is 6.15. The van der Waals surface area contributed by atoms with Crippen LogP contribution in [0.15, 0.2) is 30.3 Å². The normalized spacial score (nSPS) is 23.5. The van der Waals surface area contributed by atoms with Crippen LogP contribution in [0, 0.1) is 6.92 Å². The highest BCUT2D eigenvalue weighted by atomic mass is 16.5. The van der Waals surface area contributed by atoms with Crippen molar-refractivity contribution in [1.29, 1.82) is 0 Å². The van der Waals surface area contributed by atoms with Gasteiger partial charge in [-0.3, -0.25) is 0 Å². The van der Waals surface area contributed by atoms with Gasteiger partial charge in [-0.25, -0.2) is 4.98 Å². The molecular weight excluding hydrogens is 236 g/mol. The van der Waals surface area contributed by atoms with E-state index < -0.39 is 0 Å². The third-order valence-corrected chi connectivity index (χ3v) is 3.78. The van der Waals surface area contributed by atoms with Crippen LogP contribution in [-0.4, -0.2) is 17.1 Å². The molecular formula is C16H20N2O. The molecule has 2 aromatic rings. The van der Waals surface area contributed by atoms with Gasteiger partial charge in [0.25, 0.3) is 0 Å². The van der Waals surface area contributed by atoms with E-state index >= 15 is 0 Å². The van der Waals surface area contributed by atoms with Gasteiger partial charge in [-0.05, 0) is 44.7 Å². The largest absolute Gasteiger partial charge is 0.488 e. The van der Waals surface area contributed by atoms with Crippen LogP contribution >= 0.6 is 0 Å². The van der Waals surface area contributed by atoms with Crippen molar-refractivity contribution in [2.24, 2.45) is 5.73 Å². The molecule has 0 aliphatic heterocycles. The Bertz CT molecular complexity index is 582. The molecule has 1 aromatic heterocycles. The summed E-state index contributed by atoms with van der Waals surface area (Å²) in [5.41, 5.74) is 8.00. The second-order valence-corrected chi connectivity index (χ2v) is 5.45. The van der Waals surface area contributed by atoms with E-state index in [0.29, 0.717) is 0 Å². The van der Waals surface area contributed by atoms with Gasteiger partial charge in [-0.2, -0.15) is 0 Å². The number of aromatic nitrogens is 1. The summed E-state index contributed by atoms with van der Waals surface area (Å²) >= 11 is 0. The van der Waals surface area contributed by atoms with Crippen molar-refractivity contribution in [3.05, 3.63) is 36.0 Å². The topological polar surface area (TPSA) is 48.1 Å². The van der Waals surface area contributed by atoms with Gasteiger partial charge in [0, 0.05) is 17.1 Å². The number of pyridine rings is 1. The number of hydrogen-bond donors (Lipinski definition) is 1. The van der Waals surface area contributed by atoms with Crippen molar-refractivity contribution in [3.63, 3.8) is 0 Å². The highest BCUT2D eigenvalue weighted by Crippen LogP contribution is 2.28. The predicted molar refractivity (Wildman–Crippen MR) is 77.3 cm³/mol. The Balaban J connectivity index is 1.89. The third kappa shape index (κ3) is 2.71. The van der Waals surface area contributed by atoms with E-state index in [1.54, 1.807) is 0 Å². The van der Waals surface area contributed by atoms with Gasteiger partial charge in [0.2, 0.25) is 0 Å². The van der Waals surface area contributed by atoms with Crippen LogP contribution in [0.25, 0.3) is 10.9 Å². The van der Waals surface area contributed by atoms with E-state index in [0.717, 1.165) is 48.0 Å². The zero-order chi connectivity index (χ0) is 13.2. The number of ether oxygens (including phenoxy) is 1. The van der Waals surface area contributed by atoms with Crippen molar-refractivity contribution in [3.8, 4) is 5.75 Å². The Morgan fingerprint density at radius 3 is 2.95 bits per heavy atom. The molecule has 2 N–H and O–H groups in total. The lowest BCUT2D eigenvalue weighted by molar-refractivity contribution is 0.146. The molecule has 1 heterocycles. The minimum absolute atomic E-state index is 0.233. The monoisotopic (exact) mass is 256 g/mol. The summed E-state index contributed by atoms with van der Waals surface area (Å²) in [5.74, 6) is 0.889. The number of nitrogens with zero attached hydrogens (tertiary/aromatic N) is 1. The Kier molecular flexibility index (Phi) is 3.38. The minimum atomic E-state index is 0.233. The molecule has 1 aliphatic carbocycles. The molecule has 0 bridgehead atoms. The van der Waals surface area contributed by atoms with E-state index in [1.165, 1.54) is 0 Å². The van der Waals surface area contributed by atoms with E-state index in [4.69, 9.17) is 10.5 Å². The molecule has 1 fully saturated rings. The van der Waals surface area contributed by atoms with Crippen molar-refractivity contribution < 1.29 is 4.74 Å². The molecule has 2 unspecified atom stereocenters. The van der Waals surface area contributed by atoms with E-state index in [2.05, 4.69) is 17.1 Å². The molecule has 3 nitrogen and oxygen atoms in total. The molecule has 100 valence electrons. The molecule has 2 atom stereocenters. The van der Waals surface area contributed by atoms with Gasteiger partial charge in [-0.15, -0.1) is 0 Å². The van der Waals surface area contributed by atoms with Gasteiger partial charge < -0.3 is 10.5 Å². The fourth-order valence-corrected chi connectivity index (χ4v) is 2.78. The molecule has 1 aromatic carbocycles. The Hall–Kier alpha value is -1.61. The average molecular weight is 256 g/mol. The lowest BCUT2D eigenvalue weighted by Crippen LogP contribution is -2.33. The van der Waals surface area contributed by atoms with Crippen LogP contribution in [0.5, 0.6) is 5.75 Å². The van der Waals surface area contributed by atoms with Crippen molar-refractivity contribution in [1.82, 2.24) is 4.98 Å². The molecule has 3 heteroatoms. The average Bonchev–Trinajstić information content (AvgIpc) is 2.39. The molecule has 0 spiro atoms. The second-order valence-electron chi connectivity index (χ2n) is 5.45. The quantitative estimate of drug-likeness (QED) is 0.897. The SMILES string of the molecule is Cc1ccc2cccc(OC3CCCC(N)C3)c2n1. The van der Waals surface area contributed by atoms with Gasteiger partial charge in [0.15, 0.2) is 0 Å². The molecule has 3 rings (SSSR count). The molecule has 0 amide bonds. The Morgan fingerprint density at radius 1 is 1.21 bits per heavy atom. The zero-order valence-electron chi connectivity index (χ0n) is 11.3. The smallest absolute Gasteiger partial charge is 0.145 e. The van der Waals surface area contributed by atoms with Crippen LogP contribution in [0.1, 0.15) is 31.4 Å². The first-order valence-corrected chi connectivity index (χ1v) is 7.01. The summed E-state index contributed by atoms with van der Waals surface area (Å²) < 4.78 is 6.15. The number of hydrogen-bond acceptors (Lipinski definition) is 3. The van der Waals surface area contributed by atoms with Crippen molar-refractivity contribution in [2.75, 3.05) is 0 Å². The molecule has 1 aliphatic rings. The predicted octanol–water partition coefficient (Wildman–Crippen LogP) is 3.19. The number of para-hydroxylation sites is 1. The molecule has 1 saturated carbocycles. The summed E-state index contributed by atoms with van der Waals surface area (Å²) in [5, 5.41) is 1.13. The molecule has 0 saturated heterocycles. The van der Waals surface area contributed by atoms with Gasteiger partial charge >= 0.3 is 0 Å². The van der Waals surface area contributed by atoms with Gasteiger partial charge in [0.05, 0.1) is 0 Å². The first kappa shape index (κ1) is 12.4. The Labute approximate surface area is 113 Å². The fraction of sp³-hybridized carbons (Fsp3) is 0.438. The number of aryl methyl sites for hydroxylation is 1. The number of benzene rings is 1. The maximum absolute atomic E-state index is 6.15. The number of fused-ring (bicyclic) bond motifs is 1. The van der Waals surface area contributed by atoms with Crippen LogP contribution in [-0.2, 0) is 0 Å². The molecule has 0 radical (unpaired) electrons. The summed E-state index contributed by atoms with van der Waals surface area (Å²) in [6.07, 6.45) is 4.55. The minimum Gasteiger partial charge on any atom is -0.488 e. The van der Waals surface area contributed by atoms with Gasteiger partial charge in [-0.1, -0.05) is 18.2 Å². The van der Waals surface area contributed by atoms with Crippen LogP contribution in [0.4, 0.5) is 0 Å². The zero-order valence-corrected chi connectivity index (χ0v) is 11.3. The standard InChI is InChI=1S/C16H20N2O/c1-11-8-9-12-4-2-7-15(16(12)18-11)19-14-6-3-5-13(17)10-14/h2,4,7-9,13-14H,3,5-6,10,17H2,1H3. The second kappa shape index (κ2) is 5.17. The van der Waals surface area contributed by atoms with E-state index in [9.17, 15) is 0 Å². The van der Waals surface area contributed by atoms with Crippen molar-refractivity contribution in [2.45, 2.75) is 44.8 Å². The third-order valence-electron chi connectivity index (χ3n) is 3.78. The summed E-state index contributed by atoms with van der Waals surface area (Å²) in [4.78, 5) is 4.60. The lowest BCUT2D eigenvalue weighted by atomic mass is 9.93. The van der Waals surface area contributed by atoms with Crippen LogP contribution in [0.3, 0.4) is 0 Å². The summed E-state index contributed by atoms with van der Waals surface area (Å²) in [6.45, 7) is 2.01. The Morgan fingerprint density at radius 2 is 2.11 bits per heavy atom. The van der Waals surface area contributed by atoms with E-state index in [1.807, 2.05) is 25.1 Å². The first-order valence-electron chi connectivity index (χ1n) is 7.01. The van der Waals surface area contributed by atoms with Crippen LogP contribution in [0.2, 0.25) is 0 Å². The number of rotatable bonds is 2. The molecule has 19 heavy (non-hydrogen) atoms. The maximum Gasteiger partial charge on any atom is 0.145 e. The fourth-order valence-electron chi connectivity index (χ4n) is 2.78. The lowest BCUT2D eigenvalue weighted by Gasteiger charge is -2.27. The van der Waals surface area contributed by atoms with Crippen LogP contribution < -0.4 is 10.5 Å². The van der Waals surface area contributed by atoms with Crippen molar-refractivity contribution >= 4 is 10.9 Å². The summed E-state index contributed by atoms with van der Waals surface area (Å²) in [6, 6.07) is 10.5.